The normalized spacial score (nSPS) is 11.6. The molecule has 0 saturated heterocycles. The van der Waals surface area contributed by atoms with Crippen molar-refractivity contribution in [2.24, 2.45) is 5.92 Å². The van der Waals surface area contributed by atoms with Crippen molar-refractivity contribution in [3.8, 4) is 0 Å². The van der Waals surface area contributed by atoms with Crippen LogP contribution in [-0.4, -0.2) is 19.5 Å². The Bertz CT molecular complexity index is 989. The van der Waals surface area contributed by atoms with Crippen molar-refractivity contribution in [1.82, 2.24) is 19.5 Å². The second kappa shape index (κ2) is 7.27. The number of nitrogens with two attached hydrogens (primary N) is 1. The third-order valence-corrected chi connectivity index (χ3v) is 4.31. The third-order valence-electron chi connectivity index (χ3n) is 4.31. The summed E-state index contributed by atoms with van der Waals surface area (Å²) in [6.45, 7) is 6.43. The molecule has 26 heavy (non-hydrogen) atoms. The van der Waals surface area contributed by atoms with Crippen LogP contribution < -0.4 is 11.3 Å². The quantitative estimate of drug-likeness (QED) is 0.709. The second-order valence-electron chi connectivity index (χ2n) is 6.98. The van der Waals surface area contributed by atoms with Gasteiger partial charge < -0.3 is 15.3 Å². The van der Waals surface area contributed by atoms with Crippen LogP contribution in [0.3, 0.4) is 0 Å². The van der Waals surface area contributed by atoms with Crippen LogP contribution in [0.5, 0.6) is 0 Å². The number of anilines is 1. The van der Waals surface area contributed by atoms with Crippen LogP contribution in [0.4, 0.5) is 10.1 Å². The van der Waals surface area contributed by atoms with E-state index in [1.165, 1.54) is 6.20 Å². The van der Waals surface area contributed by atoms with E-state index in [4.69, 9.17) is 5.73 Å². The van der Waals surface area contributed by atoms with Gasteiger partial charge in [0.25, 0.3) is 5.56 Å². The average Bonchev–Trinajstić information content (AvgIpc) is 3.02. The number of H-pyrrole nitrogens is 1. The molecule has 7 heteroatoms. The van der Waals surface area contributed by atoms with E-state index in [-0.39, 0.29) is 23.3 Å². The summed E-state index contributed by atoms with van der Waals surface area (Å²) in [5.41, 5.74) is 8.25. The summed E-state index contributed by atoms with van der Waals surface area (Å²) in [6.07, 6.45) is 3.59. The van der Waals surface area contributed by atoms with Gasteiger partial charge in [-0.05, 0) is 30.9 Å². The molecular formula is C19H24FN5O. The summed E-state index contributed by atoms with van der Waals surface area (Å²) < 4.78 is 15.8. The smallest absolute Gasteiger partial charge is 0.274 e. The van der Waals surface area contributed by atoms with Gasteiger partial charge in [0, 0.05) is 5.69 Å². The van der Waals surface area contributed by atoms with Gasteiger partial charge in [-0.2, -0.15) is 0 Å². The van der Waals surface area contributed by atoms with Crippen LogP contribution >= 0.6 is 0 Å². The molecule has 3 N–H and O–H groups in total. The van der Waals surface area contributed by atoms with Gasteiger partial charge in [-0.1, -0.05) is 27.2 Å². The number of nitrogens with zero attached hydrogens (tertiary/aromatic N) is 3. The Balaban J connectivity index is 2.07. The molecule has 0 aliphatic heterocycles. The first-order valence-electron chi connectivity index (χ1n) is 8.90. The number of nitrogens with one attached hydrogen (secondary N) is 1. The number of pyridine rings is 2. The number of halogens is 1. The molecule has 0 unspecified atom stereocenters. The van der Waals surface area contributed by atoms with Crippen molar-refractivity contribution >= 4 is 16.7 Å². The minimum absolute atomic E-state index is 0.189. The van der Waals surface area contributed by atoms with Gasteiger partial charge in [-0.25, -0.2) is 9.37 Å². The van der Waals surface area contributed by atoms with Crippen molar-refractivity contribution in [2.45, 2.75) is 46.6 Å². The highest BCUT2D eigenvalue weighted by Crippen LogP contribution is 2.21. The number of aromatic nitrogens is 4. The van der Waals surface area contributed by atoms with E-state index in [1.807, 2.05) is 13.0 Å². The maximum absolute atomic E-state index is 14.2. The standard InChI is InChI=1S/C19H24FN5O/c1-4-5-12-6-7-14(21)19(26)25(12)10-16-23-17-13(20)9-22-15(8-11(2)3)18(17)24-16/h6-7,9,11H,4-5,8,10,21H2,1-3H3,(H,23,24). The fraction of sp³-hybridized carbons (Fsp3) is 0.421. The molecule has 0 fully saturated rings. The number of rotatable bonds is 6. The first-order chi connectivity index (χ1) is 12.4. The van der Waals surface area contributed by atoms with Crippen LogP contribution in [0.25, 0.3) is 11.0 Å². The molecule has 0 amide bonds. The van der Waals surface area contributed by atoms with E-state index in [0.717, 1.165) is 30.7 Å². The van der Waals surface area contributed by atoms with Gasteiger partial charge in [0.1, 0.15) is 11.3 Å². The number of aryl methyl sites for hydroxylation is 1. The Morgan fingerprint density at radius 3 is 2.81 bits per heavy atom. The molecule has 0 radical (unpaired) electrons. The van der Waals surface area contributed by atoms with Gasteiger partial charge in [-0.3, -0.25) is 9.78 Å². The average molecular weight is 357 g/mol. The minimum Gasteiger partial charge on any atom is -0.394 e. The van der Waals surface area contributed by atoms with Crippen LogP contribution in [0.2, 0.25) is 0 Å². The number of imidazole rings is 1. The van der Waals surface area contributed by atoms with E-state index in [1.54, 1.807) is 10.6 Å². The number of hydrogen-bond acceptors (Lipinski definition) is 4. The fourth-order valence-corrected chi connectivity index (χ4v) is 3.11. The lowest BCUT2D eigenvalue weighted by Crippen LogP contribution is -2.26. The minimum atomic E-state index is -0.469. The maximum atomic E-state index is 14.2. The van der Waals surface area contributed by atoms with E-state index in [9.17, 15) is 9.18 Å². The molecule has 0 atom stereocenters. The summed E-state index contributed by atoms with van der Waals surface area (Å²) >= 11 is 0. The van der Waals surface area contributed by atoms with E-state index in [0.29, 0.717) is 17.3 Å². The highest BCUT2D eigenvalue weighted by Gasteiger charge is 2.16. The van der Waals surface area contributed by atoms with Crippen molar-refractivity contribution < 1.29 is 4.39 Å². The zero-order valence-electron chi connectivity index (χ0n) is 15.3. The molecule has 3 aromatic rings. The Morgan fingerprint density at radius 2 is 2.12 bits per heavy atom. The van der Waals surface area contributed by atoms with Gasteiger partial charge in [-0.15, -0.1) is 0 Å². The Labute approximate surface area is 151 Å². The second-order valence-corrected chi connectivity index (χ2v) is 6.98. The number of fused-ring (bicyclic) bond motifs is 1. The van der Waals surface area contributed by atoms with Crippen molar-refractivity contribution in [3.63, 3.8) is 0 Å². The molecule has 3 aromatic heterocycles. The largest absolute Gasteiger partial charge is 0.394 e. The van der Waals surface area contributed by atoms with Crippen LogP contribution in [0.15, 0.2) is 23.1 Å². The molecule has 0 bridgehead atoms. The number of hydrogen-bond donors (Lipinski definition) is 2. The Morgan fingerprint density at radius 1 is 1.35 bits per heavy atom. The van der Waals surface area contributed by atoms with Crippen molar-refractivity contribution in [2.75, 3.05) is 5.73 Å². The predicted molar refractivity (Wildman–Crippen MR) is 101 cm³/mol. The first-order valence-corrected chi connectivity index (χ1v) is 8.90. The lowest BCUT2D eigenvalue weighted by Gasteiger charge is -2.11. The van der Waals surface area contributed by atoms with Crippen LogP contribution in [-0.2, 0) is 19.4 Å². The summed E-state index contributed by atoms with van der Waals surface area (Å²) in [5, 5.41) is 0. The van der Waals surface area contributed by atoms with Gasteiger partial charge in [0.2, 0.25) is 0 Å². The summed E-state index contributed by atoms with van der Waals surface area (Å²) in [5.74, 6) is 0.432. The molecule has 3 rings (SSSR count). The lowest BCUT2D eigenvalue weighted by atomic mass is 10.1. The fourth-order valence-electron chi connectivity index (χ4n) is 3.11. The Kier molecular flexibility index (Phi) is 5.06. The first kappa shape index (κ1) is 18.1. The molecular weight excluding hydrogens is 333 g/mol. The lowest BCUT2D eigenvalue weighted by molar-refractivity contribution is 0.616. The van der Waals surface area contributed by atoms with Gasteiger partial charge >= 0.3 is 0 Å². The summed E-state index contributed by atoms with van der Waals surface area (Å²) in [7, 11) is 0. The van der Waals surface area contributed by atoms with E-state index >= 15 is 0 Å². The highest BCUT2D eigenvalue weighted by atomic mass is 19.1. The van der Waals surface area contributed by atoms with E-state index in [2.05, 4.69) is 28.8 Å². The predicted octanol–water partition coefficient (Wildman–Crippen LogP) is 3.04. The van der Waals surface area contributed by atoms with Crippen molar-refractivity contribution in [3.05, 3.63) is 51.7 Å². The van der Waals surface area contributed by atoms with Crippen LogP contribution in [0.1, 0.15) is 44.4 Å². The molecule has 0 spiro atoms. The molecule has 138 valence electrons. The molecule has 6 nitrogen and oxygen atoms in total. The zero-order chi connectivity index (χ0) is 18.8. The molecule has 0 saturated carbocycles. The summed E-state index contributed by atoms with van der Waals surface area (Å²) in [4.78, 5) is 24.2. The van der Waals surface area contributed by atoms with Crippen molar-refractivity contribution in [1.29, 1.82) is 0 Å². The van der Waals surface area contributed by atoms with E-state index < -0.39 is 5.82 Å². The van der Waals surface area contributed by atoms with Crippen LogP contribution in [0, 0.1) is 11.7 Å². The maximum Gasteiger partial charge on any atom is 0.274 e. The SMILES string of the molecule is CCCc1ccc(N)c(=O)n1Cc1nc2c(F)cnc(CC(C)C)c2[nH]1. The number of nitrogen functional groups attached to an aromatic ring is 1. The zero-order valence-corrected chi connectivity index (χ0v) is 15.3. The molecule has 3 heterocycles. The third kappa shape index (κ3) is 3.47. The highest BCUT2D eigenvalue weighted by molar-refractivity contribution is 5.77. The Hall–Kier alpha value is -2.70. The van der Waals surface area contributed by atoms with Gasteiger partial charge in [0.15, 0.2) is 5.82 Å². The van der Waals surface area contributed by atoms with Gasteiger partial charge in [0.05, 0.1) is 29.6 Å². The molecule has 0 aliphatic rings. The molecule has 0 aromatic carbocycles. The molecule has 0 aliphatic carbocycles. The monoisotopic (exact) mass is 357 g/mol. The topological polar surface area (TPSA) is 89.6 Å². The summed E-state index contributed by atoms with van der Waals surface area (Å²) in [6, 6.07) is 3.49. The number of aromatic amines is 1.